The Morgan fingerprint density at radius 3 is 2.55 bits per heavy atom. The van der Waals surface area contributed by atoms with Crippen molar-refractivity contribution in [1.82, 2.24) is 5.32 Å². The maximum atomic E-state index is 13.2. The topological polar surface area (TPSA) is 72.2 Å². The summed E-state index contributed by atoms with van der Waals surface area (Å²) < 4.78 is 26.2. The number of halogens is 2. The molecule has 0 bridgehead atoms. The van der Waals surface area contributed by atoms with Crippen LogP contribution < -0.4 is 5.32 Å². The molecule has 1 fully saturated rings. The predicted octanol–water partition coefficient (Wildman–Crippen LogP) is 2.79. The minimum absolute atomic E-state index is 0.0878. The lowest BCUT2D eigenvalue weighted by molar-refractivity contribution is -0.385. The maximum Gasteiger partial charge on any atom is 0.285 e. The highest BCUT2D eigenvalue weighted by Gasteiger charge is 2.29. The van der Waals surface area contributed by atoms with Crippen molar-refractivity contribution in [1.29, 1.82) is 0 Å². The van der Waals surface area contributed by atoms with E-state index in [9.17, 15) is 23.7 Å². The van der Waals surface area contributed by atoms with Crippen LogP contribution in [-0.4, -0.2) is 16.9 Å². The number of nitro groups is 1. The summed E-state index contributed by atoms with van der Waals surface area (Å²) in [5, 5.41) is 13.5. The predicted molar refractivity (Wildman–Crippen MR) is 67.3 cm³/mol. The van der Waals surface area contributed by atoms with E-state index < -0.39 is 33.7 Å². The van der Waals surface area contributed by atoms with E-state index in [-0.39, 0.29) is 12.0 Å². The van der Waals surface area contributed by atoms with Gasteiger partial charge in [-0.05, 0) is 24.8 Å². The summed E-state index contributed by atoms with van der Waals surface area (Å²) in [4.78, 5) is 22.0. The first-order valence-corrected chi connectivity index (χ1v) is 6.34. The van der Waals surface area contributed by atoms with Crippen molar-refractivity contribution in [2.75, 3.05) is 0 Å². The fraction of sp³-hybridized carbons (Fsp3) is 0.462. The van der Waals surface area contributed by atoms with Gasteiger partial charge in [-0.3, -0.25) is 14.9 Å². The Morgan fingerprint density at radius 1 is 1.35 bits per heavy atom. The van der Waals surface area contributed by atoms with Gasteiger partial charge in [0.1, 0.15) is 5.56 Å². The normalized spacial score (nSPS) is 21.8. The van der Waals surface area contributed by atoms with Gasteiger partial charge in [0.25, 0.3) is 11.6 Å². The van der Waals surface area contributed by atoms with Gasteiger partial charge in [-0.15, -0.1) is 0 Å². The molecule has 2 atom stereocenters. The number of nitrogens with zero attached hydrogens (tertiary/aromatic N) is 1. The van der Waals surface area contributed by atoms with E-state index in [0.29, 0.717) is 12.1 Å². The molecule has 0 spiro atoms. The van der Waals surface area contributed by atoms with Crippen LogP contribution in [0.1, 0.15) is 36.5 Å². The first-order chi connectivity index (χ1) is 9.40. The highest BCUT2D eigenvalue weighted by molar-refractivity contribution is 5.98. The minimum atomic E-state index is -1.34. The molecular weight excluding hydrogens is 270 g/mol. The standard InChI is InChI=1S/C13H14F2N2O3/c1-7-3-2-4-11(7)16-13(18)8-5-9(14)10(15)6-12(8)17(19)20/h5-7,11H,2-4H2,1H3,(H,16,18). The largest absolute Gasteiger partial charge is 0.349 e. The van der Waals surface area contributed by atoms with Crippen LogP contribution >= 0.6 is 0 Å². The van der Waals surface area contributed by atoms with Crippen molar-refractivity contribution in [2.24, 2.45) is 5.92 Å². The van der Waals surface area contributed by atoms with E-state index in [1.165, 1.54) is 0 Å². The number of carbonyl (C=O) groups excluding carboxylic acids is 1. The molecule has 0 radical (unpaired) electrons. The zero-order chi connectivity index (χ0) is 14.9. The second-order valence-electron chi connectivity index (χ2n) is 5.03. The molecular formula is C13H14F2N2O3. The average Bonchev–Trinajstić information content (AvgIpc) is 2.77. The summed E-state index contributed by atoms with van der Waals surface area (Å²) in [6, 6.07) is 0.917. The average molecular weight is 284 g/mol. The Bertz CT molecular complexity index is 563. The van der Waals surface area contributed by atoms with Crippen LogP contribution in [-0.2, 0) is 0 Å². The third-order valence-electron chi connectivity index (χ3n) is 3.66. The van der Waals surface area contributed by atoms with E-state index in [2.05, 4.69) is 5.32 Å². The second-order valence-corrected chi connectivity index (χ2v) is 5.03. The number of hydrogen-bond acceptors (Lipinski definition) is 3. The second kappa shape index (κ2) is 5.52. The van der Waals surface area contributed by atoms with Gasteiger partial charge in [0.05, 0.1) is 11.0 Å². The minimum Gasteiger partial charge on any atom is -0.349 e. The summed E-state index contributed by atoms with van der Waals surface area (Å²) in [5.41, 5.74) is -1.18. The molecule has 2 unspecified atom stereocenters. The summed E-state index contributed by atoms with van der Waals surface area (Å²) in [7, 11) is 0. The Kier molecular flexibility index (Phi) is 3.96. The van der Waals surface area contributed by atoms with Crippen molar-refractivity contribution >= 4 is 11.6 Å². The molecule has 0 aromatic heterocycles. The zero-order valence-corrected chi connectivity index (χ0v) is 10.9. The van der Waals surface area contributed by atoms with Crippen molar-refractivity contribution in [3.05, 3.63) is 39.4 Å². The van der Waals surface area contributed by atoms with Gasteiger partial charge < -0.3 is 5.32 Å². The molecule has 0 aliphatic heterocycles. The Morgan fingerprint density at radius 2 is 2.00 bits per heavy atom. The lowest BCUT2D eigenvalue weighted by atomic mass is 10.1. The number of rotatable bonds is 3. The van der Waals surface area contributed by atoms with Crippen LogP contribution in [0.4, 0.5) is 14.5 Å². The van der Waals surface area contributed by atoms with E-state index >= 15 is 0 Å². The van der Waals surface area contributed by atoms with Gasteiger partial charge in [-0.25, -0.2) is 8.78 Å². The molecule has 1 aliphatic carbocycles. The first-order valence-electron chi connectivity index (χ1n) is 6.34. The lowest BCUT2D eigenvalue weighted by Gasteiger charge is -2.17. The molecule has 1 N–H and O–H groups in total. The van der Waals surface area contributed by atoms with Crippen LogP contribution in [0.3, 0.4) is 0 Å². The van der Waals surface area contributed by atoms with Gasteiger partial charge in [0, 0.05) is 6.04 Å². The van der Waals surface area contributed by atoms with Gasteiger partial charge in [0.2, 0.25) is 0 Å². The van der Waals surface area contributed by atoms with Crippen LogP contribution in [0.5, 0.6) is 0 Å². The van der Waals surface area contributed by atoms with Crippen molar-refractivity contribution in [3.8, 4) is 0 Å². The fourth-order valence-electron chi connectivity index (χ4n) is 2.48. The van der Waals surface area contributed by atoms with Gasteiger partial charge in [0.15, 0.2) is 11.6 Å². The summed E-state index contributed by atoms with van der Waals surface area (Å²) in [6.07, 6.45) is 2.71. The number of amides is 1. The summed E-state index contributed by atoms with van der Waals surface area (Å²) >= 11 is 0. The lowest BCUT2D eigenvalue weighted by Crippen LogP contribution is -2.36. The molecule has 7 heteroatoms. The number of hydrogen-bond donors (Lipinski definition) is 1. The molecule has 2 rings (SSSR count). The van der Waals surface area contributed by atoms with Crippen LogP contribution in [0.2, 0.25) is 0 Å². The first kappa shape index (κ1) is 14.4. The third-order valence-corrected chi connectivity index (χ3v) is 3.66. The molecule has 1 aliphatic rings. The molecule has 1 amide bonds. The quantitative estimate of drug-likeness (QED) is 0.685. The SMILES string of the molecule is CC1CCCC1NC(=O)c1cc(F)c(F)cc1[N+](=O)[O-]. The Labute approximate surface area is 114 Å². The summed E-state index contributed by atoms with van der Waals surface area (Å²) in [6.45, 7) is 1.97. The Balaban J connectivity index is 2.29. The van der Waals surface area contributed by atoms with E-state index in [1.807, 2.05) is 6.92 Å². The molecule has 0 heterocycles. The number of nitro benzene ring substituents is 1. The molecule has 20 heavy (non-hydrogen) atoms. The molecule has 1 saturated carbocycles. The van der Waals surface area contributed by atoms with Gasteiger partial charge >= 0.3 is 0 Å². The molecule has 1 aromatic rings. The molecule has 5 nitrogen and oxygen atoms in total. The van der Waals surface area contributed by atoms with Crippen LogP contribution in [0.25, 0.3) is 0 Å². The van der Waals surface area contributed by atoms with E-state index in [1.54, 1.807) is 0 Å². The molecule has 0 saturated heterocycles. The zero-order valence-electron chi connectivity index (χ0n) is 10.9. The maximum absolute atomic E-state index is 13.2. The van der Waals surface area contributed by atoms with Gasteiger partial charge in [-0.1, -0.05) is 13.3 Å². The van der Waals surface area contributed by atoms with E-state index in [0.717, 1.165) is 19.3 Å². The number of benzene rings is 1. The van der Waals surface area contributed by atoms with E-state index in [4.69, 9.17) is 0 Å². The van der Waals surface area contributed by atoms with Crippen molar-refractivity contribution < 1.29 is 18.5 Å². The third kappa shape index (κ3) is 2.76. The highest BCUT2D eigenvalue weighted by Crippen LogP contribution is 2.27. The summed E-state index contributed by atoms with van der Waals surface area (Å²) in [5.74, 6) is -3.10. The number of carbonyl (C=O) groups is 1. The number of nitrogens with one attached hydrogen (secondary N) is 1. The van der Waals surface area contributed by atoms with Crippen LogP contribution in [0.15, 0.2) is 12.1 Å². The van der Waals surface area contributed by atoms with Crippen molar-refractivity contribution in [3.63, 3.8) is 0 Å². The Hall–Kier alpha value is -2.05. The monoisotopic (exact) mass is 284 g/mol. The van der Waals surface area contributed by atoms with Crippen molar-refractivity contribution in [2.45, 2.75) is 32.2 Å². The fourth-order valence-corrected chi connectivity index (χ4v) is 2.48. The molecule has 1 aromatic carbocycles. The van der Waals surface area contributed by atoms with Crippen LogP contribution in [0, 0.1) is 27.7 Å². The smallest absolute Gasteiger partial charge is 0.285 e. The van der Waals surface area contributed by atoms with Gasteiger partial charge in [-0.2, -0.15) is 0 Å². The highest BCUT2D eigenvalue weighted by atomic mass is 19.2. The molecule has 108 valence electrons.